The van der Waals surface area contributed by atoms with Crippen molar-refractivity contribution in [3.05, 3.63) is 67.8 Å². The fraction of sp³-hybridized carbons (Fsp3) is 0.462. The van der Waals surface area contributed by atoms with Gasteiger partial charge in [0.05, 0.1) is 41.3 Å². The summed E-state index contributed by atoms with van der Waals surface area (Å²) in [4.78, 5) is 50.2. The summed E-state index contributed by atoms with van der Waals surface area (Å²) < 4.78 is 16.2. The molecule has 1 aliphatic heterocycles. The average molecular weight is 545 g/mol. The predicted molar refractivity (Wildman–Crippen MR) is 140 cm³/mol. The summed E-state index contributed by atoms with van der Waals surface area (Å²) in [5.41, 5.74) is -1.13. The van der Waals surface area contributed by atoms with Crippen LogP contribution < -0.4 is 14.8 Å². The van der Waals surface area contributed by atoms with Crippen molar-refractivity contribution < 1.29 is 33.6 Å². The van der Waals surface area contributed by atoms with Crippen molar-refractivity contribution in [1.29, 1.82) is 0 Å². The van der Waals surface area contributed by atoms with Crippen LogP contribution in [0.2, 0.25) is 0 Å². The van der Waals surface area contributed by atoms with E-state index in [-0.39, 0.29) is 34.6 Å². The Morgan fingerprint density at radius 3 is 2.31 bits per heavy atom. The zero-order chi connectivity index (χ0) is 28.7. The van der Waals surface area contributed by atoms with E-state index in [1.807, 2.05) is 6.92 Å². The minimum atomic E-state index is -1.57. The lowest BCUT2D eigenvalue weighted by molar-refractivity contribution is -0.387. The molecule has 210 valence electrons. The molecule has 0 radical (unpaired) electrons. The van der Waals surface area contributed by atoms with Gasteiger partial charge in [0.1, 0.15) is 6.17 Å². The van der Waals surface area contributed by atoms with Gasteiger partial charge in [-0.3, -0.25) is 25.0 Å². The van der Waals surface area contributed by atoms with Crippen LogP contribution in [0.4, 0.5) is 16.2 Å². The van der Waals surface area contributed by atoms with Crippen LogP contribution >= 0.6 is 0 Å². The standard InChI is InChI=1S/C26H32N4O9/c1-5-23(28-16(2)10-6-9-13-24(28)31)27-26(32)39-25(17-11-7-8-12-19(17)29(33)34)18-14-21(37-3)22(38-4)15-20(18)30(35)36/h7-8,11-12,14-16,23,25H,5-6,9-10,13H2,1-4H3,(H,27,32). The number of alkyl carbamates (subject to hydrolysis) is 1. The second-order valence-electron chi connectivity index (χ2n) is 9.09. The molecule has 3 atom stereocenters. The topological polar surface area (TPSA) is 163 Å². The molecule has 0 bridgehead atoms. The summed E-state index contributed by atoms with van der Waals surface area (Å²) in [7, 11) is 2.63. The largest absolute Gasteiger partial charge is 0.493 e. The summed E-state index contributed by atoms with van der Waals surface area (Å²) in [6, 6.07) is 7.73. The Morgan fingerprint density at radius 2 is 1.69 bits per heavy atom. The maximum absolute atomic E-state index is 13.3. The van der Waals surface area contributed by atoms with Gasteiger partial charge in [-0.25, -0.2) is 4.79 Å². The molecule has 1 heterocycles. The Hall–Kier alpha value is -4.42. The molecule has 1 aliphatic rings. The molecule has 3 rings (SSSR count). The Balaban J connectivity index is 2.08. The van der Waals surface area contributed by atoms with Crippen LogP contribution in [0, 0.1) is 20.2 Å². The SMILES string of the molecule is CCC(NC(=O)OC(c1ccccc1[N+](=O)[O-])c1cc(OC)c(OC)cc1[N+](=O)[O-])N1C(=O)CCCCC1C. The number of benzene rings is 2. The van der Waals surface area contributed by atoms with E-state index in [1.54, 1.807) is 11.8 Å². The quantitative estimate of drug-likeness (QED) is 0.325. The van der Waals surface area contributed by atoms with E-state index in [0.29, 0.717) is 12.8 Å². The second-order valence-corrected chi connectivity index (χ2v) is 9.09. The molecular formula is C26H32N4O9. The maximum Gasteiger partial charge on any atom is 0.409 e. The van der Waals surface area contributed by atoms with Gasteiger partial charge in [0, 0.05) is 18.5 Å². The molecular weight excluding hydrogens is 512 g/mol. The summed E-state index contributed by atoms with van der Waals surface area (Å²) in [5.74, 6) is 0.0532. The number of likely N-dealkylation sites (tertiary alicyclic amines) is 1. The molecule has 2 aromatic carbocycles. The third kappa shape index (κ3) is 6.54. The van der Waals surface area contributed by atoms with Gasteiger partial charge < -0.3 is 24.4 Å². The number of ether oxygens (including phenoxy) is 3. The number of nitro groups is 2. The van der Waals surface area contributed by atoms with E-state index >= 15 is 0 Å². The molecule has 1 saturated heterocycles. The summed E-state index contributed by atoms with van der Waals surface area (Å²) in [6.07, 6.45) is -0.136. The number of para-hydroxylation sites is 1. The van der Waals surface area contributed by atoms with Gasteiger partial charge in [-0.2, -0.15) is 0 Å². The highest BCUT2D eigenvalue weighted by Crippen LogP contribution is 2.42. The Bertz CT molecular complexity index is 1240. The average Bonchev–Trinajstić information content (AvgIpc) is 3.09. The van der Waals surface area contributed by atoms with Crippen molar-refractivity contribution in [3.8, 4) is 11.5 Å². The molecule has 2 amide bonds. The van der Waals surface area contributed by atoms with Gasteiger partial charge in [-0.05, 0) is 38.3 Å². The number of nitro benzene ring substituents is 2. The molecule has 0 aliphatic carbocycles. The van der Waals surface area contributed by atoms with Crippen LogP contribution in [0.25, 0.3) is 0 Å². The normalized spacial score (nSPS) is 17.0. The number of nitrogens with zero attached hydrogens (tertiary/aromatic N) is 3. The van der Waals surface area contributed by atoms with E-state index in [9.17, 15) is 29.8 Å². The Labute approximate surface area is 225 Å². The highest BCUT2D eigenvalue weighted by molar-refractivity contribution is 5.78. The van der Waals surface area contributed by atoms with Crippen LogP contribution in [-0.4, -0.2) is 53.2 Å². The van der Waals surface area contributed by atoms with Gasteiger partial charge >= 0.3 is 6.09 Å². The first-order chi connectivity index (χ1) is 18.6. The Kier molecular flexibility index (Phi) is 9.63. The molecule has 1 N–H and O–H groups in total. The number of nitrogens with one attached hydrogen (secondary N) is 1. The number of carbonyl (C=O) groups is 2. The minimum absolute atomic E-state index is 0.0541. The van der Waals surface area contributed by atoms with Crippen molar-refractivity contribution in [2.24, 2.45) is 0 Å². The number of hydrogen-bond donors (Lipinski definition) is 1. The third-order valence-corrected chi connectivity index (χ3v) is 6.69. The van der Waals surface area contributed by atoms with Gasteiger partial charge in [-0.15, -0.1) is 0 Å². The zero-order valence-corrected chi connectivity index (χ0v) is 22.2. The van der Waals surface area contributed by atoms with Crippen LogP contribution in [0.15, 0.2) is 36.4 Å². The lowest BCUT2D eigenvalue weighted by Crippen LogP contribution is -2.53. The zero-order valence-electron chi connectivity index (χ0n) is 22.2. The van der Waals surface area contributed by atoms with E-state index in [0.717, 1.165) is 25.3 Å². The van der Waals surface area contributed by atoms with Crippen LogP contribution in [0.5, 0.6) is 11.5 Å². The first kappa shape index (κ1) is 29.1. The maximum atomic E-state index is 13.3. The van der Waals surface area contributed by atoms with Crippen LogP contribution in [0.1, 0.15) is 63.2 Å². The van der Waals surface area contributed by atoms with Crippen molar-refractivity contribution in [2.45, 2.75) is 64.3 Å². The molecule has 3 unspecified atom stereocenters. The van der Waals surface area contributed by atoms with Crippen molar-refractivity contribution in [2.75, 3.05) is 14.2 Å². The third-order valence-electron chi connectivity index (χ3n) is 6.69. The predicted octanol–water partition coefficient (Wildman–Crippen LogP) is 4.86. The first-order valence-corrected chi connectivity index (χ1v) is 12.5. The van der Waals surface area contributed by atoms with Crippen LogP contribution in [0.3, 0.4) is 0 Å². The molecule has 13 nitrogen and oxygen atoms in total. The van der Waals surface area contributed by atoms with Crippen molar-refractivity contribution in [1.82, 2.24) is 10.2 Å². The molecule has 0 spiro atoms. The highest BCUT2D eigenvalue weighted by Gasteiger charge is 2.36. The number of carbonyl (C=O) groups excluding carboxylic acids is 2. The molecule has 13 heteroatoms. The van der Waals surface area contributed by atoms with Gasteiger partial charge in [0.25, 0.3) is 11.4 Å². The number of methoxy groups -OCH3 is 2. The van der Waals surface area contributed by atoms with E-state index in [2.05, 4.69) is 5.32 Å². The summed E-state index contributed by atoms with van der Waals surface area (Å²) >= 11 is 0. The molecule has 2 aromatic rings. The first-order valence-electron chi connectivity index (χ1n) is 12.5. The van der Waals surface area contributed by atoms with Crippen molar-refractivity contribution in [3.63, 3.8) is 0 Å². The highest BCUT2D eigenvalue weighted by atomic mass is 16.6. The smallest absolute Gasteiger partial charge is 0.409 e. The number of rotatable bonds is 10. The Morgan fingerprint density at radius 1 is 1.05 bits per heavy atom. The van der Waals surface area contributed by atoms with E-state index < -0.39 is 39.6 Å². The molecule has 39 heavy (non-hydrogen) atoms. The minimum Gasteiger partial charge on any atom is -0.493 e. The number of hydrogen-bond acceptors (Lipinski definition) is 9. The van der Waals surface area contributed by atoms with Crippen molar-refractivity contribution >= 4 is 23.4 Å². The van der Waals surface area contributed by atoms with Gasteiger partial charge in [0.15, 0.2) is 17.6 Å². The van der Waals surface area contributed by atoms with Crippen LogP contribution in [-0.2, 0) is 9.53 Å². The molecule has 1 fully saturated rings. The number of amides is 2. The molecule has 0 saturated carbocycles. The second kappa shape index (κ2) is 12.9. The van der Waals surface area contributed by atoms with Gasteiger partial charge in [-0.1, -0.05) is 25.5 Å². The lowest BCUT2D eigenvalue weighted by Gasteiger charge is -2.35. The summed E-state index contributed by atoms with van der Waals surface area (Å²) in [6.45, 7) is 3.70. The van der Waals surface area contributed by atoms with Gasteiger partial charge in [0.2, 0.25) is 5.91 Å². The fourth-order valence-electron chi connectivity index (χ4n) is 4.78. The van der Waals surface area contributed by atoms with E-state index in [4.69, 9.17) is 14.2 Å². The summed E-state index contributed by atoms with van der Waals surface area (Å²) in [5, 5.41) is 26.6. The fourth-order valence-corrected chi connectivity index (χ4v) is 4.78. The van der Waals surface area contributed by atoms with E-state index in [1.165, 1.54) is 44.6 Å². The lowest BCUT2D eigenvalue weighted by atomic mass is 9.97. The monoisotopic (exact) mass is 544 g/mol. The molecule has 0 aromatic heterocycles.